The topological polar surface area (TPSA) is 27.7 Å². The van der Waals surface area contributed by atoms with Gasteiger partial charge in [0.05, 0.1) is 11.2 Å². The summed E-state index contributed by atoms with van der Waals surface area (Å²) in [5.41, 5.74) is -0.262. The molecule has 23 heavy (non-hydrogen) atoms. The van der Waals surface area contributed by atoms with Crippen molar-refractivity contribution in [1.82, 2.24) is 0 Å². The third-order valence-electron chi connectivity index (χ3n) is 4.45. The molecule has 0 spiro atoms. The maximum absolute atomic E-state index is 14.3. The molecule has 0 unspecified atom stereocenters. The van der Waals surface area contributed by atoms with E-state index in [1.165, 1.54) is 6.07 Å². The van der Waals surface area contributed by atoms with E-state index in [4.69, 9.17) is 14.0 Å². The second kappa shape index (κ2) is 5.66. The van der Waals surface area contributed by atoms with Gasteiger partial charge < -0.3 is 14.0 Å². The number of benzene rings is 2. The second-order valence-electron chi connectivity index (χ2n) is 6.69. The van der Waals surface area contributed by atoms with Crippen molar-refractivity contribution >= 4 is 12.6 Å². The van der Waals surface area contributed by atoms with Gasteiger partial charge in [-0.15, -0.1) is 0 Å². The van der Waals surface area contributed by atoms with Gasteiger partial charge in [0, 0.05) is 0 Å². The lowest BCUT2D eigenvalue weighted by Gasteiger charge is -2.32. The Hall–Kier alpha value is -1.85. The molecule has 2 aromatic rings. The molecule has 1 aliphatic rings. The highest BCUT2D eigenvalue weighted by molar-refractivity contribution is 6.62. The van der Waals surface area contributed by atoms with Crippen molar-refractivity contribution in [3.8, 4) is 11.5 Å². The van der Waals surface area contributed by atoms with Crippen molar-refractivity contribution in [2.45, 2.75) is 38.9 Å². The Labute approximate surface area is 136 Å². The fourth-order valence-corrected chi connectivity index (χ4v) is 2.34. The van der Waals surface area contributed by atoms with Crippen molar-refractivity contribution in [2.24, 2.45) is 0 Å². The zero-order chi connectivity index (χ0) is 16.7. The summed E-state index contributed by atoms with van der Waals surface area (Å²) in [4.78, 5) is 0. The molecule has 0 aliphatic carbocycles. The number of rotatable bonds is 3. The molecule has 1 saturated heterocycles. The molecule has 0 N–H and O–H groups in total. The van der Waals surface area contributed by atoms with E-state index in [1.807, 2.05) is 45.9 Å². The Morgan fingerprint density at radius 2 is 1.52 bits per heavy atom. The Morgan fingerprint density at radius 3 is 2.09 bits per heavy atom. The van der Waals surface area contributed by atoms with Crippen LogP contribution in [0.25, 0.3) is 0 Å². The standard InChI is InChI=1S/C18H20BFO3/c1-17(2)18(3,4)23-19(22-17)13-10-11-16(15(20)12-13)21-14-8-6-5-7-9-14/h5-12H,1-4H3. The average Bonchev–Trinajstić information content (AvgIpc) is 2.71. The summed E-state index contributed by atoms with van der Waals surface area (Å²) in [5.74, 6) is 0.326. The van der Waals surface area contributed by atoms with Crippen LogP contribution >= 0.6 is 0 Å². The smallest absolute Gasteiger partial charge is 0.454 e. The van der Waals surface area contributed by atoms with Crippen molar-refractivity contribution in [3.63, 3.8) is 0 Å². The highest BCUT2D eigenvalue weighted by Crippen LogP contribution is 2.36. The van der Waals surface area contributed by atoms with Crippen LogP contribution in [0, 0.1) is 5.82 Å². The monoisotopic (exact) mass is 314 g/mol. The molecule has 0 aromatic heterocycles. The van der Waals surface area contributed by atoms with Gasteiger partial charge in [0.25, 0.3) is 0 Å². The van der Waals surface area contributed by atoms with Gasteiger partial charge in [-0.1, -0.05) is 24.3 Å². The van der Waals surface area contributed by atoms with E-state index in [0.717, 1.165) is 0 Å². The van der Waals surface area contributed by atoms with Crippen molar-refractivity contribution in [3.05, 3.63) is 54.3 Å². The fraction of sp³-hybridized carbons (Fsp3) is 0.333. The molecule has 120 valence electrons. The average molecular weight is 314 g/mol. The summed E-state index contributed by atoms with van der Waals surface area (Å²) in [6.07, 6.45) is 0. The first-order chi connectivity index (χ1) is 10.8. The summed E-state index contributed by atoms with van der Waals surface area (Å²) >= 11 is 0. The highest BCUT2D eigenvalue weighted by atomic mass is 19.1. The second-order valence-corrected chi connectivity index (χ2v) is 6.69. The predicted octanol–water partition coefficient (Wildman–Crippen LogP) is 3.92. The van der Waals surface area contributed by atoms with Crippen LogP contribution < -0.4 is 10.2 Å². The van der Waals surface area contributed by atoms with Gasteiger partial charge in [-0.05, 0) is 57.4 Å². The van der Waals surface area contributed by atoms with Gasteiger partial charge in [-0.2, -0.15) is 0 Å². The van der Waals surface area contributed by atoms with Crippen LogP contribution in [0.1, 0.15) is 27.7 Å². The number of hydrogen-bond acceptors (Lipinski definition) is 3. The van der Waals surface area contributed by atoms with Gasteiger partial charge in [0.15, 0.2) is 11.6 Å². The van der Waals surface area contributed by atoms with E-state index in [9.17, 15) is 4.39 Å². The molecular weight excluding hydrogens is 294 g/mol. The van der Waals surface area contributed by atoms with Crippen molar-refractivity contribution < 1.29 is 18.4 Å². The van der Waals surface area contributed by atoms with Crippen molar-refractivity contribution in [1.29, 1.82) is 0 Å². The highest BCUT2D eigenvalue weighted by Gasteiger charge is 2.51. The number of para-hydroxylation sites is 1. The normalized spacial score (nSPS) is 18.9. The molecule has 0 saturated carbocycles. The van der Waals surface area contributed by atoms with E-state index >= 15 is 0 Å². The van der Waals surface area contributed by atoms with Crippen molar-refractivity contribution in [2.75, 3.05) is 0 Å². The van der Waals surface area contributed by atoms with Crippen LogP contribution in [0.15, 0.2) is 48.5 Å². The third-order valence-corrected chi connectivity index (χ3v) is 4.45. The molecule has 0 amide bonds. The van der Waals surface area contributed by atoms with Crippen LogP contribution in [-0.4, -0.2) is 18.3 Å². The molecule has 3 rings (SSSR count). The number of ether oxygens (including phenoxy) is 1. The quantitative estimate of drug-likeness (QED) is 0.804. The molecule has 2 aromatic carbocycles. The summed E-state index contributed by atoms with van der Waals surface area (Å²) in [7, 11) is -0.583. The molecular formula is C18H20BFO3. The summed E-state index contributed by atoms with van der Waals surface area (Å²) in [6.45, 7) is 7.87. The molecule has 1 fully saturated rings. The van der Waals surface area contributed by atoms with Gasteiger partial charge >= 0.3 is 7.12 Å². The van der Waals surface area contributed by atoms with Crippen LogP contribution in [-0.2, 0) is 9.31 Å². The largest absolute Gasteiger partial charge is 0.494 e. The minimum absolute atomic E-state index is 0.177. The first-order valence-corrected chi connectivity index (χ1v) is 7.66. The van der Waals surface area contributed by atoms with E-state index in [-0.39, 0.29) is 5.75 Å². The summed E-state index contributed by atoms with van der Waals surface area (Å²) < 4.78 is 31.8. The van der Waals surface area contributed by atoms with Gasteiger partial charge in [-0.3, -0.25) is 0 Å². The summed E-state index contributed by atoms with van der Waals surface area (Å²) in [5, 5.41) is 0. The maximum atomic E-state index is 14.3. The van der Waals surface area contributed by atoms with Gasteiger partial charge in [-0.25, -0.2) is 4.39 Å². The number of hydrogen-bond donors (Lipinski definition) is 0. The first-order valence-electron chi connectivity index (χ1n) is 7.66. The lowest BCUT2D eigenvalue weighted by Crippen LogP contribution is -2.41. The molecule has 0 atom stereocenters. The Morgan fingerprint density at radius 1 is 0.913 bits per heavy atom. The van der Waals surface area contributed by atoms with Crippen LogP contribution in [0.2, 0.25) is 0 Å². The first kappa shape index (κ1) is 16.0. The SMILES string of the molecule is CC1(C)OB(c2ccc(Oc3ccccc3)c(F)c2)OC1(C)C. The fourth-order valence-electron chi connectivity index (χ4n) is 2.34. The molecule has 5 heteroatoms. The zero-order valence-corrected chi connectivity index (χ0v) is 13.8. The molecule has 3 nitrogen and oxygen atoms in total. The van der Waals surface area contributed by atoms with E-state index in [0.29, 0.717) is 11.2 Å². The van der Waals surface area contributed by atoms with E-state index in [2.05, 4.69) is 0 Å². The zero-order valence-electron chi connectivity index (χ0n) is 13.8. The van der Waals surface area contributed by atoms with Crippen LogP contribution in [0.3, 0.4) is 0 Å². The molecule has 0 radical (unpaired) electrons. The van der Waals surface area contributed by atoms with E-state index < -0.39 is 24.1 Å². The Balaban J connectivity index is 1.81. The molecule has 0 bridgehead atoms. The Bertz CT molecular complexity index is 685. The summed E-state index contributed by atoms with van der Waals surface area (Å²) in [6, 6.07) is 13.9. The number of halogens is 1. The maximum Gasteiger partial charge on any atom is 0.494 e. The molecule has 1 aliphatic heterocycles. The van der Waals surface area contributed by atoms with Gasteiger partial charge in [0.2, 0.25) is 0 Å². The van der Waals surface area contributed by atoms with Crippen LogP contribution in [0.5, 0.6) is 11.5 Å². The van der Waals surface area contributed by atoms with Gasteiger partial charge in [0.1, 0.15) is 5.75 Å². The molecule has 1 heterocycles. The minimum Gasteiger partial charge on any atom is -0.454 e. The van der Waals surface area contributed by atoms with E-state index in [1.54, 1.807) is 24.3 Å². The lowest BCUT2D eigenvalue weighted by atomic mass is 9.79. The lowest BCUT2D eigenvalue weighted by molar-refractivity contribution is 0.00578. The minimum atomic E-state index is -0.583. The third kappa shape index (κ3) is 3.12. The predicted molar refractivity (Wildman–Crippen MR) is 88.6 cm³/mol. The van der Waals surface area contributed by atoms with Crippen LogP contribution in [0.4, 0.5) is 4.39 Å². The Kier molecular flexibility index (Phi) is 3.94.